The molecule has 0 atom stereocenters. The first-order valence-corrected chi connectivity index (χ1v) is 7.57. The summed E-state index contributed by atoms with van der Waals surface area (Å²) in [6.45, 7) is 6.18. The second-order valence-electron chi connectivity index (χ2n) is 3.31. The second kappa shape index (κ2) is 8.76. The molecule has 0 radical (unpaired) electrons. The molecule has 0 fully saturated rings. The van der Waals surface area contributed by atoms with Crippen molar-refractivity contribution in [3.8, 4) is 0 Å². The molecule has 0 saturated heterocycles. The molecular formula is C10H17ClNNb-2. The minimum Gasteiger partial charge on any atom is -0.358 e. The third-order valence-electron chi connectivity index (χ3n) is 0.893. The van der Waals surface area contributed by atoms with Crippen molar-refractivity contribution in [1.29, 1.82) is 0 Å². The van der Waals surface area contributed by atoms with E-state index in [1.165, 1.54) is 0 Å². The Balaban J connectivity index is 0. The fraction of sp³-hybridized carbons (Fsp3) is 0.400. The molecule has 0 N–H and O–H groups in total. The van der Waals surface area contributed by atoms with Crippen molar-refractivity contribution in [2.45, 2.75) is 26.3 Å². The van der Waals surface area contributed by atoms with Crippen LogP contribution in [0, 0.1) is 7.43 Å². The molecule has 0 amide bonds. The standard InChI is InChI=1S/C5H5.C4H9N.CH3.ClH.Nb/c1-2-4-5-3-1;1-4(2,3)5;;;/h1-5H;1-3H3;1H3;1H;/q-1;;-1;;+1/p-1. The summed E-state index contributed by atoms with van der Waals surface area (Å²) in [6.07, 6.45) is 0. The Labute approximate surface area is 94.9 Å². The van der Waals surface area contributed by atoms with E-state index in [-0.39, 0.29) is 13.0 Å². The second-order valence-corrected chi connectivity index (χ2v) is 5.07. The zero-order chi connectivity index (χ0) is 9.45. The molecule has 0 heterocycles. The number of halogens is 1. The van der Waals surface area contributed by atoms with E-state index in [0.717, 1.165) is 0 Å². The normalized spacial score (nSPS) is 10.2. The summed E-state index contributed by atoms with van der Waals surface area (Å²) in [5.41, 5.74) is 0.110. The Kier molecular flexibility index (Phi) is 10.5. The van der Waals surface area contributed by atoms with E-state index >= 15 is 0 Å². The van der Waals surface area contributed by atoms with E-state index in [9.17, 15) is 0 Å². The van der Waals surface area contributed by atoms with Crippen molar-refractivity contribution in [3.05, 3.63) is 37.8 Å². The Morgan fingerprint density at radius 1 is 1.23 bits per heavy atom. The summed E-state index contributed by atoms with van der Waals surface area (Å²) in [5.74, 6) is 0. The smallest absolute Gasteiger partial charge is 0.172 e. The molecule has 0 spiro atoms. The third-order valence-corrected chi connectivity index (χ3v) is 3.00. The van der Waals surface area contributed by atoms with E-state index in [1.54, 1.807) is 0 Å². The molecule has 0 saturated carbocycles. The summed E-state index contributed by atoms with van der Waals surface area (Å²) < 4.78 is 4.17. The fourth-order valence-electron chi connectivity index (χ4n) is 0.434. The van der Waals surface area contributed by atoms with Crippen LogP contribution >= 0.6 is 9.19 Å². The van der Waals surface area contributed by atoms with Gasteiger partial charge in [0.25, 0.3) is 0 Å². The van der Waals surface area contributed by atoms with Gasteiger partial charge in [-0.25, -0.2) is 12.1 Å². The van der Waals surface area contributed by atoms with Gasteiger partial charge < -0.3 is 7.43 Å². The summed E-state index contributed by atoms with van der Waals surface area (Å²) in [7, 11) is 5.47. The van der Waals surface area contributed by atoms with Gasteiger partial charge in [-0.15, -0.1) is 0 Å². The predicted octanol–water partition coefficient (Wildman–Crippen LogP) is 4.06. The van der Waals surface area contributed by atoms with Gasteiger partial charge >= 0.3 is 57.3 Å². The van der Waals surface area contributed by atoms with Crippen molar-refractivity contribution in [1.82, 2.24) is 0 Å². The maximum atomic E-state index is 5.47. The van der Waals surface area contributed by atoms with Crippen LogP contribution in [-0.4, -0.2) is 5.54 Å². The average Bonchev–Trinajstić information content (AvgIpc) is 2.38. The molecule has 0 aliphatic heterocycles. The number of hydrogen-bond donors (Lipinski definition) is 0. The van der Waals surface area contributed by atoms with Gasteiger partial charge in [0.1, 0.15) is 0 Å². The van der Waals surface area contributed by atoms with Gasteiger partial charge in [-0.3, -0.25) is 0 Å². The Hall–Kier alpha value is 0.180. The van der Waals surface area contributed by atoms with Crippen LogP contribution in [-0.2, 0) is 18.5 Å². The van der Waals surface area contributed by atoms with Crippen molar-refractivity contribution >= 4 is 9.19 Å². The van der Waals surface area contributed by atoms with Crippen LogP contribution in [0.2, 0.25) is 0 Å². The summed E-state index contributed by atoms with van der Waals surface area (Å²) >= 11 is -0.673. The Morgan fingerprint density at radius 3 is 1.77 bits per heavy atom. The molecule has 76 valence electrons. The average molecular weight is 280 g/mol. The van der Waals surface area contributed by atoms with Gasteiger partial charge in [0.15, 0.2) is 0 Å². The molecule has 0 aromatic heterocycles. The van der Waals surface area contributed by atoms with Crippen LogP contribution in [0.5, 0.6) is 0 Å². The van der Waals surface area contributed by atoms with Crippen LogP contribution in [0.3, 0.4) is 0 Å². The van der Waals surface area contributed by atoms with E-state index < -0.39 is 18.5 Å². The Bertz CT molecular complexity index is 182. The molecular weight excluding hydrogens is 262 g/mol. The molecule has 0 bridgehead atoms. The maximum absolute atomic E-state index is 5.47. The summed E-state index contributed by atoms with van der Waals surface area (Å²) in [5, 5.41) is 0. The number of rotatable bonds is 0. The Morgan fingerprint density at radius 2 is 1.69 bits per heavy atom. The first-order valence-electron chi connectivity index (χ1n) is 3.76. The van der Waals surface area contributed by atoms with Gasteiger partial charge in [0.2, 0.25) is 0 Å². The molecule has 0 aliphatic carbocycles. The molecule has 1 aromatic rings. The van der Waals surface area contributed by atoms with E-state index in [1.807, 2.05) is 30.3 Å². The predicted molar refractivity (Wildman–Crippen MR) is 56.5 cm³/mol. The van der Waals surface area contributed by atoms with Crippen LogP contribution in [0.1, 0.15) is 20.8 Å². The molecule has 13 heavy (non-hydrogen) atoms. The van der Waals surface area contributed by atoms with Crippen molar-refractivity contribution < 1.29 is 18.5 Å². The van der Waals surface area contributed by atoms with Crippen LogP contribution in [0.15, 0.2) is 33.7 Å². The number of hydrogen-bond acceptors (Lipinski definition) is 1. The third kappa shape index (κ3) is 15.0. The van der Waals surface area contributed by atoms with Gasteiger partial charge in [-0.05, 0) is 0 Å². The quantitative estimate of drug-likeness (QED) is 0.502. The fourth-order valence-corrected chi connectivity index (χ4v) is 2.33. The molecule has 0 unspecified atom stereocenters. The minimum absolute atomic E-state index is 0. The van der Waals surface area contributed by atoms with E-state index in [0.29, 0.717) is 0 Å². The summed E-state index contributed by atoms with van der Waals surface area (Å²) in [4.78, 5) is 0. The zero-order valence-electron chi connectivity index (χ0n) is 8.66. The molecule has 1 rings (SSSR count). The SMILES string of the molecule is CC(C)(C)[N]=[Nb][Cl].[CH3-].c1cc[cH-]c1. The van der Waals surface area contributed by atoms with E-state index in [2.05, 4.69) is 24.1 Å². The largest absolute Gasteiger partial charge is 0.358 e. The first-order chi connectivity index (χ1) is 5.56. The molecule has 3 heteroatoms. The monoisotopic (exact) mass is 279 g/mol. The van der Waals surface area contributed by atoms with Crippen molar-refractivity contribution in [3.63, 3.8) is 0 Å². The molecule has 1 nitrogen and oxygen atoms in total. The van der Waals surface area contributed by atoms with Crippen molar-refractivity contribution in [2.24, 2.45) is 3.34 Å². The van der Waals surface area contributed by atoms with Crippen molar-refractivity contribution in [2.75, 3.05) is 0 Å². The minimum atomic E-state index is -0.673. The van der Waals surface area contributed by atoms with Crippen LogP contribution in [0.4, 0.5) is 0 Å². The van der Waals surface area contributed by atoms with Gasteiger partial charge in [-0.2, -0.15) is 18.2 Å². The van der Waals surface area contributed by atoms with Gasteiger partial charge in [-0.1, -0.05) is 0 Å². The molecule has 1 aromatic carbocycles. The first kappa shape index (κ1) is 15.6. The van der Waals surface area contributed by atoms with Crippen LogP contribution < -0.4 is 0 Å². The zero-order valence-corrected chi connectivity index (χ0v) is 11.6. The van der Waals surface area contributed by atoms with Gasteiger partial charge in [0, 0.05) is 0 Å². The van der Waals surface area contributed by atoms with Crippen LogP contribution in [0.25, 0.3) is 0 Å². The summed E-state index contributed by atoms with van der Waals surface area (Å²) in [6, 6.07) is 10.0. The maximum Gasteiger partial charge on any atom is -0.172 e. The number of nitrogens with zero attached hydrogens (tertiary/aromatic N) is 1. The van der Waals surface area contributed by atoms with Gasteiger partial charge in [0.05, 0.1) is 0 Å². The molecule has 0 aliphatic rings. The van der Waals surface area contributed by atoms with E-state index in [4.69, 9.17) is 9.19 Å². The topological polar surface area (TPSA) is 12.4 Å².